The highest BCUT2D eigenvalue weighted by molar-refractivity contribution is 9.10. The van der Waals surface area contributed by atoms with Crippen LogP contribution in [0, 0.1) is 6.92 Å². The molecule has 0 aliphatic carbocycles. The first-order chi connectivity index (χ1) is 14.5. The third-order valence-electron chi connectivity index (χ3n) is 4.57. The molecule has 0 amide bonds. The molecule has 166 valence electrons. The van der Waals surface area contributed by atoms with Crippen molar-refractivity contribution in [2.75, 3.05) is 6.61 Å². The van der Waals surface area contributed by atoms with E-state index in [-0.39, 0.29) is 11.1 Å². The van der Waals surface area contributed by atoms with Crippen molar-refractivity contribution in [2.24, 2.45) is 0 Å². The van der Waals surface area contributed by atoms with Crippen molar-refractivity contribution in [1.29, 1.82) is 0 Å². The topological polar surface area (TPSA) is 102 Å². The molecule has 0 atom stereocenters. The van der Waals surface area contributed by atoms with Gasteiger partial charge in [-0.25, -0.2) is 14.6 Å². The van der Waals surface area contributed by atoms with E-state index in [9.17, 15) is 9.59 Å². The summed E-state index contributed by atoms with van der Waals surface area (Å²) in [4.78, 5) is 25.7. The van der Waals surface area contributed by atoms with Gasteiger partial charge >= 0.3 is 11.9 Å². The monoisotopic (exact) mass is 506 g/mol. The molecule has 3 rings (SSSR count). The highest BCUT2D eigenvalue weighted by Gasteiger charge is 2.14. The maximum atomic E-state index is 10.7. The van der Waals surface area contributed by atoms with Gasteiger partial charge in [0.15, 0.2) is 0 Å². The Balaban J connectivity index is 0.000000225. The first-order valence-corrected chi connectivity index (χ1v) is 14.2. The zero-order chi connectivity index (χ0) is 23.2. The van der Waals surface area contributed by atoms with E-state index >= 15 is 0 Å². The molecule has 1 aromatic carbocycles. The summed E-state index contributed by atoms with van der Waals surface area (Å²) in [6.07, 6.45) is 3.85. The van der Waals surface area contributed by atoms with Crippen molar-refractivity contribution in [2.45, 2.75) is 39.3 Å². The van der Waals surface area contributed by atoms with Crippen molar-refractivity contribution >= 4 is 47.0 Å². The minimum Gasteiger partial charge on any atom is -0.478 e. The second-order valence-corrected chi connectivity index (χ2v) is 14.8. The number of hydrogen-bond acceptors (Lipinski definition) is 4. The van der Waals surface area contributed by atoms with E-state index < -0.39 is 20.0 Å². The van der Waals surface area contributed by atoms with E-state index in [0.717, 1.165) is 18.3 Å². The minimum absolute atomic E-state index is 0.00299. The summed E-state index contributed by atoms with van der Waals surface area (Å²) in [5.41, 5.74) is 1.47. The molecule has 0 saturated carbocycles. The predicted molar refractivity (Wildman–Crippen MR) is 127 cm³/mol. The summed E-state index contributed by atoms with van der Waals surface area (Å²) in [7, 11) is -0.983. The van der Waals surface area contributed by atoms with Crippen molar-refractivity contribution in [1.82, 2.24) is 9.55 Å². The fourth-order valence-corrected chi connectivity index (χ4v) is 3.91. The number of carboxylic acid groups (broad SMARTS) is 2. The normalized spacial score (nSPS) is 11.1. The van der Waals surface area contributed by atoms with E-state index in [0.29, 0.717) is 16.8 Å². The molecule has 0 spiro atoms. The second-order valence-electron chi connectivity index (χ2n) is 8.29. The molecular formula is C22H27BrN2O5Si. The van der Waals surface area contributed by atoms with Gasteiger partial charge in [-0.05, 0) is 48.9 Å². The van der Waals surface area contributed by atoms with Gasteiger partial charge in [0.25, 0.3) is 0 Å². The molecule has 2 N–H and O–H groups in total. The van der Waals surface area contributed by atoms with Crippen LogP contribution < -0.4 is 0 Å². The average molecular weight is 507 g/mol. The molecular weight excluding hydrogens is 480 g/mol. The number of ether oxygens (including phenoxy) is 1. The Bertz CT molecular complexity index is 1080. The first kappa shape index (κ1) is 24.8. The van der Waals surface area contributed by atoms with Gasteiger partial charge in [0, 0.05) is 36.9 Å². The Kier molecular flexibility index (Phi) is 8.55. The molecule has 0 aliphatic rings. The lowest BCUT2D eigenvalue weighted by atomic mass is 10.1. The van der Waals surface area contributed by atoms with Gasteiger partial charge in [-0.2, -0.15) is 0 Å². The van der Waals surface area contributed by atoms with E-state index in [1.165, 1.54) is 17.5 Å². The quantitative estimate of drug-likeness (QED) is 0.323. The van der Waals surface area contributed by atoms with Crippen molar-refractivity contribution < 1.29 is 24.5 Å². The first-order valence-electron chi connectivity index (χ1n) is 9.74. The largest absolute Gasteiger partial charge is 0.478 e. The molecule has 9 heteroatoms. The van der Waals surface area contributed by atoms with Gasteiger partial charge in [0.1, 0.15) is 12.4 Å². The molecule has 2 heterocycles. The van der Waals surface area contributed by atoms with Crippen LogP contribution in [0.15, 0.2) is 47.2 Å². The van der Waals surface area contributed by atoms with E-state index in [1.54, 1.807) is 6.92 Å². The summed E-state index contributed by atoms with van der Waals surface area (Å²) in [6, 6.07) is 9.83. The second kappa shape index (κ2) is 10.7. The number of benzene rings is 1. The third-order valence-corrected chi connectivity index (χ3v) is 7.10. The number of fused-ring (bicyclic) bond motifs is 1. The summed E-state index contributed by atoms with van der Waals surface area (Å²) < 4.78 is 8.26. The van der Waals surface area contributed by atoms with Crippen LogP contribution >= 0.6 is 15.9 Å². The fraction of sp³-hybridized carbons (Fsp3) is 0.318. The number of pyridine rings is 1. The van der Waals surface area contributed by atoms with Gasteiger partial charge in [0.05, 0.1) is 11.1 Å². The smallest absolute Gasteiger partial charge is 0.336 e. The molecule has 2 aromatic heterocycles. The molecule has 7 nitrogen and oxygen atoms in total. The fourth-order valence-electron chi connectivity index (χ4n) is 2.69. The lowest BCUT2D eigenvalue weighted by Crippen LogP contribution is -2.22. The van der Waals surface area contributed by atoms with Crippen LogP contribution in [0.25, 0.3) is 11.0 Å². The molecule has 0 saturated heterocycles. The number of nitrogens with zero attached hydrogens (tertiary/aromatic N) is 2. The average Bonchev–Trinajstić information content (AvgIpc) is 3.10. The predicted octanol–water partition coefficient (Wildman–Crippen LogP) is 5.50. The number of halogens is 1. The molecule has 0 radical (unpaired) electrons. The number of aromatic nitrogens is 2. The van der Waals surface area contributed by atoms with E-state index in [2.05, 4.69) is 57.3 Å². The van der Waals surface area contributed by atoms with Crippen molar-refractivity contribution in [3.8, 4) is 0 Å². The van der Waals surface area contributed by atoms with Crippen LogP contribution in [-0.2, 0) is 11.5 Å². The number of rotatable bonds is 7. The maximum Gasteiger partial charge on any atom is 0.336 e. The van der Waals surface area contributed by atoms with Gasteiger partial charge in [-0.1, -0.05) is 35.6 Å². The molecule has 0 aliphatic heterocycles. The number of carboxylic acids is 2. The summed E-state index contributed by atoms with van der Waals surface area (Å²) >= 11 is 3.11. The summed E-state index contributed by atoms with van der Waals surface area (Å²) in [6.45, 7) is 10.2. The lowest BCUT2D eigenvalue weighted by Gasteiger charge is -2.15. The summed E-state index contributed by atoms with van der Waals surface area (Å²) in [5, 5.41) is 18.6. The minimum atomic E-state index is -1.15. The van der Waals surface area contributed by atoms with E-state index in [4.69, 9.17) is 14.9 Å². The Labute approximate surface area is 190 Å². The molecule has 3 aromatic rings. The van der Waals surface area contributed by atoms with Crippen LogP contribution in [0.2, 0.25) is 25.7 Å². The van der Waals surface area contributed by atoms with Gasteiger partial charge in [-0.3, -0.25) is 0 Å². The Hall–Kier alpha value is -2.49. The SMILES string of the molecule is C[Si](C)(C)CCOCn1ccc2cccnc21.Cc1c(Br)cc(C(=O)O)cc1C(=O)O. The van der Waals surface area contributed by atoms with Crippen LogP contribution in [-0.4, -0.2) is 46.4 Å². The molecule has 0 unspecified atom stereocenters. The maximum absolute atomic E-state index is 10.7. The van der Waals surface area contributed by atoms with Gasteiger partial charge in [0.2, 0.25) is 0 Å². The van der Waals surface area contributed by atoms with Crippen LogP contribution in [0.5, 0.6) is 0 Å². The number of aromatic carboxylic acids is 2. The molecule has 31 heavy (non-hydrogen) atoms. The third kappa shape index (κ3) is 7.30. The van der Waals surface area contributed by atoms with Crippen molar-refractivity contribution in [3.05, 3.63) is 63.9 Å². The van der Waals surface area contributed by atoms with Crippen molar-refractivity contribution in [3.63, 3.8) is 0 Å². The summed E-state index contributed by atoms with van der Waals surface area (Å²) in [5.74, 6) is -2.28. The Morgan fingerprint density at radius 1 is 1.16 bits per heavy atom. The molecule has 0 fully saturated rings. The number of hydrogen-bond donors (Lipinski definition) is 2. The standard InChI is InChI=1S/C13H20N2OSi.C9H7BrO4/c1-17(2,3)10-9-16-11-15-8-6-12-5-4-7-14-13(12)15;1-4-6(9(13)14)2-5(8(11)12)3-7(4)10/h4-8H,9-11H2,1-3H3;2-3H,1H3,(H,11,12)(H,13,14). The van der Waals surface area contributed by atoms with Crippen LogP contribution in [0.1, 0.15) is 26.3 Å². The van der Waals surface area contributed by atoms with Crippen LogP contribution in [0.4, 0.5) is 0 Å². The Morgan fingerprint density at radius 3 is 2.48 bits per heavy atom. The lowest BCUT2D eigenvalue weighted by molar-refractivity contribution is 0.0695. The zero-order valence-electron chi connectivity index (χ0n) is 18.1. The molecule has 0 bridgehead atoms. The van der Waals surface area contributed by atoms with Gasteiger partial charge < -0.3 is 19.5 Å². The highest BCUT2D eigenvalue weighted by Crippen LogP contribution is 2.22. The Morgan fingerprint density at radius 2 is 1.87 bits per heavy atom. The van der Waals surface area contributed by atoms with Crippen LogP contribution in [0.3, 0.4) is 0 Å². The zero-order valence-corrected chi connectivity index (χ0v) is 20.6. The highest BCUT2D eigenvalue weighted by atomic mass is 79.9. The number of carbonyl (C=O) groups is 2. The van der Waals surface area contributed by atoms with Gasteiger partial charge in [-0.15, -0.1) is 0 Å². The van der Waals surface area contributed by atoms with E-state index in [1.807, 2.05) is 18.5 Å².